The van der Waals surface area contributed by atoms with Gasteiger partial charge in [-0.1, -0.05) is 39.7 Å². The molecule has 104 valence electrons. The first-order valence-corrected chi connectivity index (χ1v) is 7.12. The molecular formula is C16H17BrN2O. The molecule has 2 N–H and O–H groups in total. The van der Waals surface area contributed by atoms with Gasteiger partial charge >= 0.3 is 0 Å². The number of halogens is 1. The molecule has 20 heavy (non-hydrogen) atoms. The monoisotopic (exact) mass is 332 g/mol. The zero-order valence-corrected chi connectivity index (χ0v) is 13.1. The molecule has 0 spiro atoms. The summed E-state index contributed by atoms with van der Waals surface area (Å²) in [7, 11) is 1.78. The fraction of sp³-hybridized carbons (Fsp3) is 0.188. The second-order valence-electron chi connectivity index (χ2n) is 4.88. The van der Waals surface area contributed by atoms with E-state index in [2.05, 4.69) is 15.9 Å². The third-order valence-corrected chi connectivity index (χ3v) is 3.65. The quantitative estimate of drug-likeness (QED) is 0.872. The SMILES string of the molecule is Cc1ccc(N)c(C(=O)N(C)Cc2ccc(Br)cc2)c1. The molecule has 0 radical (unpaired) electrons. The Morgan fingerprint density at radius 3 is 2.50 bits per heavy atom. The van der Waals surface area contributed by atoms with Gasteiger partial charge in [-0.3, -0.25) is 4.79 Å². The largest absolute Gasteiger partial charge is 0.398 e. The van der Waals surface area contributed by atoms with Crippen molar-refractivity contribution in [2.24, 2.45) is 0 Å². The van der Waals surface area contributed by atoms with E-state index in [-0.39, 0.29) is 5.91 Å². The number of carbonyl (C=O) groups is 1. The number of benzene rings is 2. The second-order valence-corrected chi connectivity index (χ2v) is 5.79. The fourth-order valence-electron chi connectivity index (χ4n) is 2.00. The summed E-state index contributed by atoms with van der Waals surface area (Å²) < 4.78 is 1.03. The maximum absolute atomic E-state index is 12.4. The van der Waals surface area contributed by atoms with Crippen LogP contribution in [0.25, 0.3) is 0 Å². The molecule has 0 saturated carbocycles. The summed E-state index contributed by atoms with van der Waals surface area (Å²) in [4.78, 5) is 14.1. The topological polar surface area (TPSA) is 46.3 Å². The van der Waals surface area contributed by atoms with Crippen molar-refractivity contribution in [2.75, 3.05) is 12.8 Å². The number of hydrogen-bond donors (Lipinski definition) is 1. The van der Waals surface area contributed by atoms with E-state index in [0.29, 0.717) is 17.8 Å². The number of aryl methyl sites for hydroxylation is 1. The Labute approximate surface area is 127 Å². The normalized spacial score (nSPS) is 10.3. The summed E-state index contributed by atoms with van der Waals surface area (Å²) in [5.74, 6) is -0.0610. The summed E-state index contributed by atoms with van der Waals surface area (Å²) in [5.41, 5.74) is 9.07. The van der Waals surface area contributed by atoms with Crippen molar-refractivity contribution in [3.63, 3.8) is 0 Å². The van der Waals surface area contributed by atoms with Gasteiger partial charge in [0.2, 0.25) is 0 Å². The number of nitrogens with zero attached hydrogens (tertiary/aromatic N) is 1. The lowest BCUT2D eigenvalue weighted by atomic mass is 10.1. The van der Waals surface area contributed by atoms with Crippen LogP contribution in [0.4, 0.5) is 5.69 Å². The molecule has 0 atom stereocenters. The first kappa shape index (κ1) is 14.6. The molecule has 4 heteroatoms. The van der Waals surface area contributed by atoms with Gasteiger partial charge in [-0.15, -0.1) is 0 Å². The Kier molecular flexibility index (Phi) is 4.45. The molecule has 0 unspecified atom stereocenters. The number of nitrogens with two attached hydrogens (primary N) is 1. The van der Waals surface area contributed by atoms with E-state index in [9.17, 15) is 4.79 Å². The van der Waals surface area contributed by atoms with Crippen molar-refractivity contribution in [3.05, 3.63) is 63.6 Å². The number of nitrogen functional groups attached to an aromatic ring is 1. The average molecular weight is 333 g/mol. The standard InChI is InChI=1S/C16H17BrN2O/c1-11-3-8-15(18)14(9-11)16(20)19(2)10-12-4-6-13(17)7-5-12/h3-9H,10,18H2,1-2H3. The molecule has 0 aliphatic heterocycles. The van der Waals surface area contributed by atoms with Crippen LogP contribution in [0.5, 0.6) is 0 Å². The molecule has 3 nitrogen and oxygen atoms in total. The molecule has 0 heterocycles. The van der Waals surface area contributed by atoms with Crippen LogP contribution in [0.2, 0.25) is 0 Å². The highest BCUT2D eigenvalue weighted by Gasteiger charge is 2.15. The van der Waals surface area contributed by atoms with Crippen molar-refractivity contribution in [2.45, 2.75) is 13.5 Å². The molecule has 1 amide bonds. The third kappa shape index (κ3) is 3.39. The van der Waals surface area contributed by atoms with E-state index in [4.69, 9.17) is 5.73 Å². The summed E-state index contributed by atoms with van der Waals surface area (Å²) in [6, 6.07) is 13.4. The maximum Gasteiger partial charge on any atom is 0.255 e. The van der Waals surface area contributed by atoms with E-state index >= 15 is 0 Å². The minimum Gasteiger partial charge on any atom is -0.398 e. The number of amides is 1. The van der Waals surface area contributed by atoms with E-state index in [0.717, 1.165) is 15.6 Å². The minimum atomic E-state index is -0.0610. The van der Waals surface area contributed by atoms with Crippen LogP contribution in [0.15, 0.2) is 46.9 Å². The second kappa shape index (κ2) is 6.09. The van der Waals surface area contributed by atoms with E-state index in [1.807, 2.05) is 43.3 Å². The Morgan fingerprint density at radius 1 is 1.20 bits per heavy atom. The number of rotatable bonds is 3. The van der Waals surface area contributed by atoms with Gasteiger partial charge in [0.1, 0.15) is 0 Å². The van der Waals surface area contributed by atoms with Crippen LogP contribution in [0.3, 0.4) is 0 Å². The average Bonchev–Trinajstić information content (AvgIpc) is 2.43. The molecule has 0 aromatic heterocycles. The first-order chi connectivity index (χ1) is 9.47. The van der Waals surface area contributed by atoms with Gasteiger partial charge in [-0.2, -0.15) is 0 Å². The summed E-state index contributed by atoms with van der Waals surface area (Å²) in [6.07, 6.45) is 0. The molecule has 0 fully saturated rings. The van der Waals surface area contributed by atoms with Crippen molar-refractivity contribution in [1.29, 1.82) is 0 Å². The van der Waals surface area contributed by atoms with Gasteiger partial charge < -0.3 is 10.6 Å². The predicted octanol–water partition coefficient (Wildman–Crippen LogP) is 3.61. The third-order valence-electron chi connectivity index (χ3n) is 3.12. The minimum absolute atomic E-state index is 0.0610. The van der Waals surface area contributed by atoms with Crippen molar-refractivity contribution >= 4 is 27.5 Å². The van der Waals surface area contributed by atoms with Gasteiger partial charge in [-0.25, -0.2) is 0 Å². The van der Waals surface area contributed by atoms with Crippen LogP contribution in [-0.4, -0.2) is 17.9 Å². The lowest BCUT2D eigenvalue weighted by Gasteiger charge is -2.18. The highest BCUT2D eigenvalue weighted by molar-refractivity contribution is 9.10. The smallest absolute Gasteiger partial charge is 0.255 e. The molecule has 0 saturated heterocycles. The highest BCUT2D eigenvalue weighted by atomic mass is 79.9. The molecule has 0 aliphatic rings. The molecule has 0 bridgehead atoms. The fourth-order valence-corrected chi connectivity index (χ4v) is 2.26. The first-order valence-electron chi connectivity index (χ1n) is 6.33. The van der Waals surface area contributed by atoms with E-state index in [1.165, 1.54) is 0 Å². The van der Waals surface area contributed by atoms with Gasteiger partial charge in [0.05, 0.1) is 5.56 Å². The van der Waals surface area contributed by atoms with Crippen LogP contribution >= 0.6 is 15.9 Å². The molecular weight excluding hydrogens is 316 g/mol. The van der Waals surface area contributed by atoms with Crippen LogP contribution in [0, 0.1) is 6.92 Å². The van der Waals surface area contributed by atoms with Crippen molar-refractivity contribution < 1.29 is 4.79 Å². The van der Waals surface area contributed by atoms with Gasteiger partial charge in [0.25, 0.3) is 5.91 Å². The molecule has 2 rings (SSSR count). The lowest BCUT2D eigenvalue weighted by molar-refractivity contribution is 0.0786. The zero-order valence-electron chi connectivity index (χ0n) is 11.6. The van der Waals surface area contributed by atoms with E-state index in [1.54, 1.807) is 18.0 Å². The van der Waals surface area contributed by atoms with Gasteiger partial charge in [0.15, 0.2) is 0 Å². The Bertz CT molecular complexity index is 623. The van der Waals surface area contributed by atoms with Gasteiger partial charge in [-0.05, 0) is 36.8 Å². The van der Waals surface area contributed by atoms with Crippen LogP contribution in [0.1, 0.15) is 21.5 Å². The highest BCUT2D eigenvalue weighted by Crippen LogP contribution is 2.17. The van der Waals surface area contributed by atoms with Crippen LogP contribution < -0.4 is 5.73 Å². The summed E-state index contributed by atoms with van der Waals surface area (Å²) in [6.45, 7) is 2.50. The summed E-state index contributed by atoms with van der Waals surface area (Å²) in [5, 5.41) is 0. The number of hydrogen-bond acceptors (Lipinski definition) is 2. The Balaban J connectivity index is 2.16. The Morgan fingerprint density at radius 2 is 1.85 bits per heavy atom. The molecule has 2 aromatic carbocycles. The zero-order chi connectivity index (χ0) is 14.7. The van der Waals surface area contributed by atoms with Crippen molar-refractivity contribution in [1.82, 2.24) is 4.90 Å². The maximum atomic E-state index is 12.4. The Hall–Kier alpha value is -1.81. The number of anilines is 1. The lowest BCUT2D eigenvalue weighted by Crippen LogP contribution is -2.27. The van der Waals surface area contributed by atoms with E-state index < -0.39 is 0 Å². The van der Waals surface area contributed by atoms with Gasteiger partial charge in [0, 0.05) is 23.8 Å². The van der Waals surface area contributed by atoms with Crippen LogP contribution in [-0.2, 0) is 6.54 Å². The number of carbonyl (C=O) groups excluding carboxylic acids is 1. The predicted molar refractivity (Wildman–Crippen MR) is 85.5 cm³/mol. The van der Waals surface area contributed by atoms with Crippen molar-refractivity contribution in [3.8, 4) is 0 Å². The molecule has 2 aromatic rings. The molecule has 0 aliphatic carbocycles. The summed E-state index contributed by atoms with van der Waals surface area (Å²) >= 11 is 3.40.